The van der Waals surface area contributed by atoms with E-state index in [-0.39, 0.29) is 0 Å². The predicted molar refractivity (Wildman–Crippen MR) is 82.0 cm³/mol. The molecule has 3 heterocycles. The molecule has 2 saturated heterocycles. The van der Waals surface area contributed by atoms with Crippen LogP contribution in [0.4, 0.5) is 0 Å². The third-order valence-corrected chi connectivity index (χ3v) is 5.54. The zero-order valence-corrected chi connectivity index (χ0v) is 13.5. The van der Waals surface area contributed by atoms with Gasteiger partial charge in [-0.2, -0.15) is 5.10 Å². The second-order valence-corrected chi connectivity index (χ2v) is 6.51. The Labute approximate surface area is 126 Å². The summed E-state index contributed by atoms with van der Waals surface area (Å²) in [4.78, 5) is 2.59. The van der Waals surface area contributed by atoms with E-state index in [0.717, 1.165) is 42.1 Å². The Kier molecular flexibility index (Phi) is 4.07. The van der Waals surface area contributed by atoms with E-state index in [9.17, 15) is 0 Å². The molecule has 0 amide bonds. The second-order valence-electron chi connectivity index (χ2n) is 6.13. The number of rotatable bonds is 4. The van der Waals surface area contributed by atoms with Crippen molar-refractivity contribution in [3.8, 4) is 0 Å². The van der Waals surface area contributed by atoms with Crippen molar-refractivity contribution in [2.75, 3.05) is 19.6 Å². The standard InChI is InChI=1S/C15H25ClN4/c1-4-13-15(16)14(20(5-2)18-13)9-19-8-11-6-17-7-12(11)10(19)3/h10-12,17H,4-9H2,1-3H3. The molecular formula is C15H25ClN4. The average Bonchev–Trinajstić information content (AvgIpc) is 3.09. The number of nitrogens with one attached hydrogen (secondary N) is 1. The lowest BCUT2D eigenvalue weighted by Crippen LogP contribution is -2.33. The number of hydrogen-bond acceptors (Lipinski definition) is 3. The summed E-state index contributed by atoms with van der Waals surface area (Å²) in [5, 5.41) is 9.03. The van der Waals surface area contributed by atoms with Crippen LogP contribution in [0.25, 0.3) is 0 Å². The Balaban J connectivity index is 1.80. The fourth-order valence-electron chi connectivity index (χ4n) is 3.83. The first-order valence-electron chi connectivity index (χ1n) is 7.84. The van der Waals surface area contributed by atoms with Gasteiger partial charge in [0.05, 0.1) is 16.4 Å². The topological polar surface area (TPSA) is 33.1 Å². The zero-order chi connectivity index (χ0) is 14.3. The largest absolute Gasteiger partial charge is 0.316 e. The van der Waals surface area contributed by atoms with E-state index in [1.165, 1.54) is 25.3 Å². The second kappa shape index (κ2) is 5.66. The van der Waals surface area contributed by atoms with Gasteiger partial charge < -0.3 is 5.32 Å². The highest BCUT2D eigenvalue weighted by molar-refractivity contribution is 6.31. The number of nitrogens with zero attached hydrogens (tertiary/aromatic N) is 3. The van der Waals surface area contributed by atoms with E-state index in [2.05, 4.69) is 40.8 Å². The highest BCUT2D eigenvalue weighted by atomic mass is 35.5. The lowest BCUT2D eigenvalue weighted by atomic mass is 9.95. The third-order valence-electron chi connectivity index (χ3n) is 5.10. The van der Waals surface area contributed by atoms with Gasteiger partial charge in [0.25, 0.3) is 0 Å². The van der Waals surface area contributed by atoms with Crippen molar-refractivity contribution in [2.24, 2.45) is 11.8 Å². The van der Waals surface area contributed by atoms with Gasteiger partial charge in [-0.15, -0.1) is 0 Å². The summed E-state index contributed by atoms with van der Waals surface area (Å²) in [7, 11) is 0. The highest BCUT2D eigenvalue weighted by Crippen LogP contribution is 2.34. The Bertz CT molecular complexity index is 484. The van der Waals surface area contributed by atoms with Crippen LogP contribution < -0.4 is 5.32 Å². The van der Waals surface area contributed by atoms with E-state index >= 15 is 0 Å². The van der Waals surface area contributed by atoms with Crippen molar-refractivity contribution < 1.29 is 0 Å². The molecule has 1 N–H and O–H groups in total. The summed E-state index contributed by atoms with van der Waals surface area (Å²) < 4.78 is 2.08. The van der Waals surface area contributed by atoms with Crippen molar-refractivity contribution in [3.63, 3.8) is 0 Å². The summed E-state index contributed by atoms with van der Waals surface area (Å²) in [6, 6.07) is 0.636. The molecule has 2 fully saturated rings. The molecule has 1 aromatic heterocycles. The molecule has 0 bridgehead atoms. The van der Waals surface area contributed by atoms with Crippen molar-refractivity contribution in [1.82, 2.24) is 20.0 Å². The zero-order valence-electron chi connectivity index (χ0n) is 12.7. The van der Waals surface area contributed by atoms with Crippen molar-refractivity contribution in [1.29, 1.82) is 0 Å². The summed E-state index contributed by atoms with van der Waals surface area (Å²) in [5.41, 5.74) is 2.24. The first-order chi connectivity index (χ1) is 9.65. The van der Waals surface area contributed by atoms with Crippen LogP contribution in [0.15, 0.2) is 0 Å². The van der Waals surface area contributed by atoms with Crippen molar-refractivity contribution in [2.45, 2.75) is 46.3 Å². The quantitative estimate of drug-likeness (QED) is 0.924. The molecule has 0 saturated carbocycles. The molecule has 0 aliphatic carbocycles. The summed E-state index contributed by atoms with van der Waals surface area (Å²) in [6.07, 6.45) is 0.906. The molecule has 2 aliphatic heterocycles. The summed E-state index contributed by atoms with van der Waals surface area (Å²) >= 11 is 6.53. The van der Waals surface area contributed by atoms with E-state index < -0.39 is 0 Å². The Morgan fingerprint density at radius 2 is 2.15 bits per heavy atom. The summed E-state index contributed by atoms with van der Waals surface area (Å²) in [5.74, 6) is 1.62. The number of likely N-dealkylation sites (tertiary alicyclic amines) is 1. The van der Waals surface area contributed by atoms with Gasteiger partial charge in [-0.05, 0) is 45.2 Å². The Hall–Kier alpha value is -0.580. The number of halogens is 1. The van der Waals surface area contributed by atoms with Gasteiger partial charge in [-0.3, -0.25) is 9.58 Å². The normalized spacial score (nSPS) is 30.1. The lowest BCUT2D eigenvalue weighted by molar-refractivity contribution is 0.225. The third kappa shape index (κ3) is 2.28. The molecule has 0 radical (unpaired) electrons. The highest BCUT2D eigenvalue weighted by Gasteiger charge is 2.42. The van der Waals surface area contributed by atoms with Gasteiger partial charge in [0.15, 0.2) is 0 Å². The molecule has 0 aromatic carbocycles. The van der Waals surface area contributed by atoms with Crippen LogP contribution >= 0.6 is 11.6 Å². The molecule has 4 nitrogen and oxygen atoms in total. The van der Waals surface area contributed by atoms with Gasteiger partial charge in [-0.25, -0.2) is 0 Å². The van der Waals surface area contributed by atoms with Crippen LogP contribution in [-0.4, -0.2) is 40.4 Å². The van der Waals surface area contributed by atoms with Crippen molar-refractivity contribution >= 4 is 11.6 Å². The fraction of sp³-hybridized carbons (Fsp3) is 0.800. The number of fused-ring (bicyclic) bond motifs is 1. The van der Waals surface area contributed by atoms with Gasteiger partial charge in [0.2, 0.25) is 0 Å². The minimum atomic E-state index is 0.636. The first kappa shape index (κ1) is 14.4. The maximum Gasteiger partial charge on any atom is 0.0863 e. The molecule has 5 heteroatoms. The fourth-order valence-corrected chi connectivity index (χ4v) is 4.15. The lowest BCUT2D eigenvalue weighted by Gasteiger charge is -2.24. The number of aryl methyl sites for hydroxylation is 2. The average molecular weight is 297 g/mol. The van der Waals surface area contributed by atoms with Crippen LogP contribution in [0.1, 0.15) is 32.2 Å². The van der Waals surface area contributed by atoms with Crippen LogP contribution in [0.3, 0.4) is 0 Å². The molecule has 3 rings (SSSR count). The molecule has 0 spiro atoms. The van der Waals surface area contributed by atoms with E-state index in [1.54, 1.807) is 0 Å². The number of hydrogen-bond donors (Lipinski definition) is 1. The molecular weight excluding hydrogens is 272 g/mol. The minimum absolute atomic E-state index is 0.636. The minimum Gasteiger partial charge on any atom is -0.316 e. The van der Waals surface area contributed by atoms with E-state index in [1.807, 2.05) is 0 Å². The van der Waals surface area contributed by atoms with Crippen molar-refractivity contribution in [3.05, 3.63) is 16.4 Å². The van der Waals surface area contributed by atoms with Crippen LogP contribution in [0, 0.1) is 11.8 Å². The maximum atomic E-state index is 6.53. The van der Waals surface area contributed by atoms with Gasteiger partial charge in [0, 0.05) is 25.7 Å². The van der Waals surface area contributed by atoms with Gasteiger partial charge in [-0.1, -0.05) is 18.5 Å². The molecule has 2 aliphatic rings. The molecule has 20 heavy (non-hydrogen) atoms. The smallest absolute Gasteiger partial charge is 0.0863 e. The maximum absolute atomic E-state index is 6.53. The van der Waals surface area contributed by atoms with Crippen LogP contribution in [0.2, 0.25) is 5.02 Å². The Morgan fingerprint density at radius 1 is 1.35 bits per heavy atom. The van der Waals surface area contributed by atoms with E-state index in [0.29, 0.717) is 6.04 Å². The predicted octanol–water partition coefficient (Wildman–Crippen LogP) is 2.16. The molecule has 112 valence electrons. The molecule has 1 aromatic rings. The van der Waals surface area contributed by atoms with Gasteiger partial charge >= 0.3 is 0 Å². The number of aromatic nitrogens is 2. The summed E-state index contributed by atoms with van der Waals surface area (Å²) in [6.45, 7) is 12.0. The monoisotopic (exact) mass is 296 g/mol. The SMILES string of the molecule is CCc1nn(CC)c(CN2CC3CNCC3C2C)c1Cl. The Morgan fingerprint density at radius 3 is 2.80 bits per heavy atom. The molecule has 3 atom stereocenters. The van der Waals surface area contributed by atoms with Gasteiger partial charge in [0.1, 0.15) is 0 Å². The van der Waals surface area contributed by atoms with Crippen LogP contribution in [-0.2, 0) is 19.5 Å². The van der Waals surface area contributed by atoms with Crippen LogP contribution in [0.5, 0.6) is 0 Å². The molecule has 3 unspecified atom stereocenters. The first-order valence-corrected chi connectivity index (χ1v) is 8.22. The van der Waals surface area contributed by atoms with E-state index in [4.69, 9.17) is 11.6 Å².